The molecule has 2 aliphatic carbocycles. The molecule has 3 aliphatic rings. The van der Waals surface area contributed by atoms with E-state index >= 15 is 0 Å². The third kappa shape index (κ3) is 3.54. The Bertz CT molecular complexity index is 875. The fourth-order valence-electron chi connectivity index (χ4n) is 4.23. The first-order valence-electron chi connectivity index (χ1n) is 10.4. The van der Waals surface area contributed by atoms with E-state index in [1.165, 1.54) is 11.1 Å². The summed E-state index contributed by atoms with van der Waals surface area (Å²) in [5.74, 6) is -0.887. The van der Waals surface area contributed by atoms with Gasteiger partial charge in [-0.1, -0.05) is 40.2 Å². The van der Waals surface area contributed by atoms with E-state index in [0.29, 0.717) is 11.6 Å². The number of carbonyl (C=O) groups excluding carboxylic acids is 1. The van der Waals surface area contributed by atoms with E-state index in [2.05, 4.69) is 32.7 Å². The van der Waals surface area contributed by atoms with Crippen LogP contribution in [0.25, 0.3) is 0 Å². The highest BCUT2D eigenvalue weighted by Crippen LogP contribution is 2.50. The molecule has 7 heteroatoms. The molecule has 1 aliphatic heterocycles. The largest absolute Gasteiger partial charge is 0.478 e. The molecule has 0 radical (unpaired) electrons. The number of anilines is 1. The van der Waals surface area contributed by atoms with Gasteiger partial charge >= 0.3 is 5.97 Å². The molecule has 1 atom stereocenters. The molecule has 1 N–H and O–H groups in total. The highest BCUT2D eigenvalue weighted by molar-refractivity contribution is 7.16. The van der Waals surface area contributed by atoms with Gasteiger partial charge < -0.3 is 5.11 Å². The van der Waals surface area contributed by atoms with Crippen LogP contribution in [-0.2, 0) is 20.4 Å². The van der Waals surface area contributed by atoms with Gasteiger partial charge in [-0.2, -0.15) is 0 Å². The summed E-state index contributed by atoms with van der Waals surface area (Å²) in [6.07, 6.45) is 8.06. The van der Waals surface area contributed by atoms with Crippen LogP contribution in [0.15, 0.2) is 16.6 Å². The Labute approximate surface area is 175 Å². The smallest absolute Gasteiger partial charge is 0.336 e. The van der Waals surface area contributed by atoms with Gasteiger partial charge in [0.05, 0.1) is 11.3 Å². The summed E-state index contributed by atoms with van der Waals surface area (Å²) in [6.45, 7) is 8.95. The van der Waals surface area contributed by atoms with Crippen molar-refractivity contribution >= 4 is 34.6 Å². The number of carboxylic acid groups (broad SMARTS) is 1. The van der Waals surface area contributed by atoms with E-state index in [0.717, 1.165) is 37.8 Å². The Morgan fingerprint density at radius 3 is 2.38 bits per heavy atom. The lowest BCUT2D eigenvalue weighted by Gasteiger charge is -2.37. The Kier molecular flexibility index (Phi) is 4.92. The van der Waals surface area contributed by atoms with Crippen LogP contribution in [0.3, 0.4) is 0 Å². The van der Waals surface area contributed by atoms with E-state index in [1.54, 1.807) is 22.3 Å². The molecule has 0 bridgehead atoms. The molecule has 1 fully saturated rings. The number of hydrogen-bond donors (Lipinski definition) is 1. The van der Waals surface area contributed by atoms with Crippen LogP contribution in [0.2, 0.25) is 0 Å². The maximum Gasteiger partial charge on any atom is 0.336 e. The molecule has 0 spiro atoms. The lowest BCUT2D eigenvalue weighted by molar-refractivity contribution is -0.132. The fraction of sp³-hybridized carbons (Fsp3) is 0.636. The van der Waals surface area contributed by atoms with Gasteiger partial charge in [-0.25, -0.2) is 9.78 Å². The normalized spacial score (nSPS) is 25.0. The third-order valence-corrected chi connectivity index (χ3v) is 8.04. The predicted octanol–water partition coefficient (Wildman–Crippen LogP) is 4.44. The second-order valence-corrected chi connectivity index (χ2v) is 10.7. The van der Waals surface area contributed by atoms with Gasteiger partial charge in [0.2, 0.25) is 5.91 Å². The van der Waals surface area contributed by atoms with Crippen molar-refractivity contribution < 1.29 is 14.7 Å². The Morgan fingerprint density at radius 1 is 1.17 bits per heavy atom. The second-order valence-electron chi connectivity index (χ2n) is 9.74. The summed E-state index contributed by atoms with van der Waals surface area (Å²) in [5.41, 5.74) is 1.30. The summed E-state index contributed by atoms with van der Waals surface area (Å²) >= 11 is 1.62. The number of hydrogen-bond acceptors (Lipinski definition) is 5. The van der Waals surface area contributed by atoms with Crippen molar-refractivity contribution in [2.45, 2.75) is 83.2 Å². The van der Waals surface area contributed by atoms with Crippen molar-refractivity contribution in [3.63, 3.8) is 0 Å². The number of carboxylic acids is 1. The van der Waals surface area contributed by atoms with E-state index in [4.69, 9.17) is 4.98 Å². The summed E-state index contributed by atoms with van der Waals surface area (Å²) in [4.78, 5) is 37.0. The quantitative estimate of drug-likeness (QED) is 0.788. The van der Waals surface area contributed by atoms with Crippen molar-refractivity contribution in [1.29, 1.82) is 0 Å². The zero-order valence-electron chi connectivity index (χ0n) is 17.6. The van der Waals surface area contributed by atoms with Gasteiger partial charge in [-0.15, -0.1) is 11.3 Å². The number of thiazole rings is 1. The minimum atomic E-state index is -0.989. The first kappa shape index (κ1) is 20.3. The topological polar surface area (TPSA) is 82.9 Å². The molecule has 1 amide bonds. The van der Waals surface area contributed by atoms with Crippen molar-refractivity contribution in [2.24, 2.45) is 10.9 Å². The number of rotatable bonds is 4. The molecule has 6 nitrogen and oxygen atoms in total. The van der Waals surface area contributed by atoms with Crippen molar-refractivity contribution in [3.8, 4) is 0 Å². The van der Waals surface area contributed by atoms with Gasteiger partial charge in [0, 0.05) is 34.3 Å². The number of aliphatic imine (C=N–C) groups is 1. The van der Waals surface area contributed by atoms with Crippen molar-refractivity contribution in [2.75, 3.05) is 4.90 Å². The highest BCUT2D eigenvalue weighted by atomic mass is 32.1. The Balaban J connectivity index is 1.73. The average molecular weight is 416 g/mol. The third-order valence-electron chi connectivity index (χ3n) is 6.62. The molecule has 1 saturated carbocycles. The standard InChI is InChI=1S/C22H29N3O3S/c1-21(2)10-11-22(3,4)17-16(21)24-20(29-17)25(18(26)13-6-5-7-13)15-9-8-14(12-23-15)19(27)28/h8,12-13,15H,5-7,9-11H2,1-4H3,(H,27,28). The number of dihydropyridines is 1. The summed E-state index contributed by atoms with van der Waals surface area (Å²) in [7, 11) is 0. The Hall–Kier alpha value is -2.02. The van der Waals surface area contributed by atoms with E-state index in [-0.39, 0.29) is 28.2 Å². The van der Waals surface area contributed by atoms with Gasteiger partial charge in [0.25, 0.3) is 0 Å². The SMILES string of the molecule is CC1(C)CCC(C)(C)c2sc(N(C(=O)C3CCC3)C3CC=C(C(=O)O)C=N3)nc21. The number of carbonyl (C=O) groups is 2. The first-order chi connectivity index (χ1) is 13.6. The zero-order valence-corrected chi connectivity index (χ0v) is 18.4. The van der Waals surface area contributed by atoms with Crippen LogP contribution >= 0.6 is 11.3 Å². The van der Waals surface area contributed by atoms with Gasteiger partial charge in [-0.05, 0) is 25.7 Å². The van der Waals surface area contributed by atoms with Gasteiger partial charge in [0.1, 0.15) is 6.17 Å². The van der Waals surface area contributed by atoms with Crippen LogP contribution in [0, 0.1) is 5.92 Å². The fourth-order valence-corrected chi connectivity index (χ4v) is 5.66. The van der Waals surface area contributed by atoms with Crippen LogP contribution in [0.1, 0.15) is 76.8 Å². The molecular formula is C22H29N3O3S. The van der Waals surface area contributed by atoms with E-state index in [9.17, 15) is 14.7 Å². The number of nitrogens with zero attached hydrogens (tertiary/aromatic N) is 3. The number of aromatic nitrogens is 1. The van der Waals surface area contributed by atoms with Crippen LogP contribution in [-0.4, -0.2) is 34.3 Å². The van der Waals surface area contributed by atoms with Crippen LogP contribution in [0.4, 0.5) is 5.13 Å². The number of amides is 1. The molecule has 0 saturated heterocycles. The molecular weight excluding hydrogens is 386 g/mol. The van der Waals surface area contributed by atoms with Crippen LogP contribution < -0.4 is 4.90 Å². The molecule has 1 aromatic heterocycles. The maximum absolute atomic E-state index is 13.4. The van der Waals surface area contributed by atoms with Gasteiger partial charge in [0.15, 0.2) is 5.13 Å². The zero-order chi connectivity index (χ0) is 21.0. The van der Waals surface area contributed by atoms with Crippen molar-refractivity contribution in [3.05, 3.63) is 22.2 Å². The summed E-state index contributed by atoms with van der Waals surface area (Å²) < 4.78 is 0. The number of fused-ring (bicyclic) bond motifs is 1. The highest BCUT2D eigenvalue weighted by Gasteiger charge is 2.43. The molecule has 29 heavy (non-hydrogen) atoms. The van der Waals surface area contributed by atoms with E-state index < -0.39 is 12.1 Å². The van der Waals surface area contributed by atoms with Crippen molar-refractivity contribution in [1.82, 2.24) is 4.98 Å². The first-order valence-corrected chi connectivity index (χ1v) is 11.2. The van der Waals surface area contributed by atoms with Gasteiger partial charge in [-0.3, -0.25) is 14.7 Å². The molecule has 4 rings (SSSR count). The lowest BCUT2D eigenvalue weighted by atomic mass is 9.69. The average Bonchev–Trinajstić information content (AvgIpc) is 3.06. The van der Waals surface area contributed by atoms with Crippen LogP contribution in [0.5, 0.6) is 0 Å². The lowest BCUT2D eigenvalue weighted by Crippen LogP contribution is -2.45. The minimum absolute atomic E-state index is 0.0169. The molecule has 1 aromatic rings. The predicted molar refractivity (Wildman–Crippen MR) is 115 cm³/mol. The monoisotopic (exact) mass is 415 g/mol. The Morgan fingerprint density at radius 2 is 1.86 bits per heavy atom. The molecule has 2 heterocycles. The van der Waals surface area contributed by atoms with E-state index in [1.807, 2.05) is 0 Å². The minimum Gasteiger partial charge on any atom is -0.478 e. The second kappa shape index (κ2) is 7.04. The molecule has 0 aromatic carbocycles. The summed E-state index contributed by atoms with van der Waals surface area (Å²) in [6, 6.07) is 0. The maximum atomic E-state index is 13.4. The molecule has 1 unspecified atom stereocenters. The number of aliphatic carboxylic acids is 1. The molecule has 156 valence electrons. The summed E-state index contributed by atoms with van der Waals surface area (Å²) in [5, 5.41) is 9.91.